The van der Waals surface area contributed by atoms with E-state index in [9.17, 15) is 0 Å². The molecule has 2 heteroatoms. The van der Waals surface area contributed by atoms with Crippen LogP contribution in [0, 0.1) is 0 Å². The Morgan fingerprint density at radius 1 is 0.923 bits per heavy atom. The molecule has 1 nitrogen and oxygen atoms in total. The summed E-state index contributed by atoms with van der Waals surface area (Å²) in [5.41, 5.74) is 0. The van der Waals surface area contributed by atoms with Crippen molar-refractivity contribution in [3.8, 4) is 0 Å². The predicted octanol–water partition coefficient (Wildman–Crippen LogP) is 3.51. The molecule has 0 aromatic heterocycles. The van der Waals surface area contributed by atoms with Crippen LogP contribution in [0.3, 0.4) is 0 Å². The fourth-order valence-electron chi connectivity index (χ4n) is 1.40. The van der Waals surface area contributed by atoms with Crippen LogP contribution in [-0.2, 0) is 19.8 Å². The smallest absolute Gasteiger partial charge is 0.0512 e. The van der Waals surface area contributed by atoms with E-state index in [1.165, 1.54) is 44.9 Å². The number of aliphatic hydroxyl groups excluding tert-OH is 1. The minimum Gasteiger partial charge on any atom is -0.393 e. The summed E-state index contributed by atoms with van der Waals surface area (Å²) in [6, 6.07) is 0. The Kier molecular flexibility index (Phi) is 15.5. The maximum atomic E-state index is 8.99. The van der Waals surface area contributed by atoms with Crippen molar-refractivity contribution in [3.05, 3.63) is 0 Å². The van der Waals surface area contributed by atoms with Crippen LogP contribution in [-0.4, -0.2) is 11.2 Å². The molecule has 13 heavy (non-hydrogen) atoms. The van der Waals surface area contributed by atoms with E-state index in [1.54, 1.807) is 0 Å². The first-order chi connectivity index (χ1) is 5.77. The first-order valence-electron chi connectivity index (χ1n) is 5.45. The maximum Gasteiger partial charge on any atom is 0.0512 e. The third-order valence-electron chi connectivity index (χ3n) is 2.23. The van der Waals surface area contributed by atoms with Crippen LogP contribution >= 0.6 is 0 Å². The van der Waals surface area contributed by atoms with Crippen molar-refractivity contribution in [2.45, 2.75) is 71.3 Å². The van der Waals surface area contributed by atoms with E-state index in [2.05, 4.69) is 6.92 Å². The first kappa shape index (κ1) is 16.0. The van der Waals surface area contributed by atoms with Crippen molar-refractivity contribution in [2.24, 2.45) is 0 Å². The fraction of sp³-hybridized carbons (Fsp3) is 1.00. The second-order valence-electron chi connectivity index (χ2n) is 3.76. The molecular formula is C11H24OOs. The molecule has 1 unspecified atom stereocenters. The van der Waals surface area contributed by atoms with E-state index in [0.717, 1.165) is 6.42 Å². The van der Waals surface area contributed by atoms with E-state index in [0.29, 0.717) is 0 Å². The number of unbranched alkanes of at least 4 members (excludes halogenated alkanes) is 6. The molecule has 1 N–H and O–H groups in total. The molecule has 0 bridgehead atoms. The topological polar surface area (TPSA) is 20.2 Å². The quantitative estimate of drug-likeness (QED) is 0.655. The van der Waals surface area contributed by atoms with Gasteiger partial charge in [-0.25, -0.2) is 0 Å². The zero-order valence-electron chi connectivity index (χ0n) is 9.03. The first-order valence-corrected chi connectivity index (χ1v) is 5.45. The second kappa shape index (κ2) is 12.6. The Labute approximate surface area is 96.4 Å². The van der Waals surface area contributed by atoms with E-state index in [-0.39, 0.29) is 25.9 Å². The van der Waals surface area contributed by atoms with Crippen molar-refractivity contribution < 1.29 is 24.9 Å². The minimum absolute atomic E-state index is 0. The third-order valence-corrected chi connectivity index (χ3v) is 2.23. The molecule has 0 aliphatic heterocycles. The van der Waals surface area contributed by atoms with Crippen LogP contribution in [0.4, 0.5) is 0 Å². The molecule has 0 aromatic rings. The van der Waals surface area contributed by atoms with Gasteiger partial charge in [0.1, 0.15) is 0 Å². The SMILES string of the molecule is CCCCCCCCCC(C)O.[Os]. The summed E-state index contributed by atoms with van der Waals surface area (Å²) in [4.78, 5) is 0. The fourth-order valence-corrected chi connectivity index (χ4v) is 1.40. The molecule has 0 saturated carbocycles. The van der Waals surface area contributed by atoms with E-state index in [1.807, 2.05) is 6.92 Å². The van der Waals surface area contributed by atoms with Gasteiger partial charge in [-0.2, -0.15) is 0 Å². The molecule has 82 valence electrons. The van der Waals surface area contributed by atoms with Crippen molar-refractivity contribution in [3.63, 3.8) is 0 Å². The third kappa shape index (κ3) is 15.4. The van der Waals surface area contributed by atoms with E-state index in [4.69, 9.17) is 5.11 Å². The molecule has 0 saturated heterocycles. The molecule has 0 aliphatic rings. The summed E-state index contributed by atoms with van der Waals surface area (Å²) in [6.07, 6.45) is 10.2. The summed E-state index contributed by atoms with van der Waals surface area (Å²) >= 11 is 0. The molecule has 0 radical (unpaired) electrons. The van der Waals surface area contributed by atoms with Crippen LogP contribution in [0.2, 0.25) is 0 Å². The van der Waals surface area contributed by atoms with Crippen LogP contribution < -0.4 is 0 Å². The van der Waals surface area contributed by atoms with Crippen LogP contribution in [0.1, 0.15) is 65.2 Å². The second-order valence-corrected chi connectivity index (χ2v) is 3.76. The molecular weight excluding hydrogens is 338 g/mol. The van der Waals surface area contributed by atoms with Gasteiger partial charge in [-0.3, -0.25) is 0 Å². The van der Waals surface area contributed by atoms with Crippen LogP contribution in [0.5, 0.6) is 0 Å². The monoisotopic (exact) mass is 364 g/mol. The van der Waals surface area contributed by atoms with Crippen LogP contribution in [0.15, 0.2) is 0 Å². The average Bonchev–Trinajstić information content (AvgIpc) is 2.02. The van der Waals surface area contributed by atoms with Gasteiger partial charge in [0.25, 0.3) is 0 Å². The van der Waals surface area contributed by atoms with Crippen molar-refractivity contribution in [2.75, 3.05) is 0 Å². The zero-order valence-corrected chi connectivity index (χ0v) is 11.6. The molecule has 0 amide bonds. The van der Waals surface area contributed by atoms with Gasteiger partial charge in [0.05, 0.1) is 6.10 Å². The zero-order chi connectivity index (χ0) is 9.23. The molecule has 0 heterocycles. The minimum atomic E-state index is -0.0966. The number of rotatable bonds is 8. The summed E-state index contributed by atoms with van der Waals surface area (Å²) in [5.74, 6) is 0. The largest absolute Gasteiger partial charge is 0.393 e. The van der Waals surface area contributed by atoms with Gasteiger partial charge < -0.3 is 5.11 Å². The van der Waals surface area contributed by atoms with Gasteiger partial charge in [0, 0.05) is 19.8 Å². The molecule has 0 rings (SSSR count). The Morgan fingerprint density at radius 2 is 1.38 bits per heavy atom. The van der Waals surface area contributed by atoms with Gasteiger partial charge in [0.15, 0.2) is 0 Å². The van der Waals surface area contributed by atoms with Gasteiger partial charge in [-0.1, -0.05) is 51.9 Å². The Hall–Kier alpha value is 0.596. The van der Waals surface area contributed by atoms with Crippen molar-refractivity contribution >= 4 is 0 Å². The number of hydrogen-bond acceptors (Lipinski definition) is 1. The normalized spacial score (nSPS) is 12.2. The summed E-state index contributed by atoms with van der Waals surface area (Å²) in [6.45, 7) is 4.12. The molecule has 0 fully saturated rings. The van der Waals surface area contributed by atoms with Gasteiger partial charge in [-0.15, -0.1) is 0 Å². The molecule has 0 aliphatic carbocycles. The maximum absolute atomic E-state index is 8.99. The van der Waals surface area contributed by atoms with Crippen molar-refractivity contribution in [1.29, 1.82) is 0 Å². The van der Waals surface area contributed by atoms with Crippen LogP contribution in [0.25, 0.3) is 0 Å². The molecule has 0 spiro atoms. The van der Waals surface area contributed by atoms with Gasteiger partial charge in [-0.05, 0) is 13.3 Å². The number of aliphatic hydroxyl groups is 1. The standard InChI is InChI=1S/C11H24O.Os/c1-3-4-5-6-7-8-9-10-11(2)12;/h11-12H,3-10H2,1-2H3;. The number of hydrogen-bond donors (Lipinski definition) is 1. The molecule has 0 aromatic carbocycles. The van der Waals surface area contributed by atoms with Gasteiger partial charge >= 0.3 is 0 Å². The van der Waals surface area contributed by atoms with E-state index < -0.39 is 0 Å². The summed E-state index contributed by atoms with van der Waals surface area (Å²) < 4.78 is 0. The van der Waals surface area contributed by atoms with Crippen molar-refractivity contribution in [1.82, 2.24) is 0 Å². The molecule has 1 atom stereocenters. The van der Waals surface area contributed by atoms with Gasteiger partial charge in [0.2, 0.25) is 0 Å². The van der Waals surface area contributed by atoms with E-state index >= 15 is 0 Å². The average molecular weight is 363 g/mol. The predicted molar refractivity (Wildman–Crippen MR) is 54.3 cm³/mol. The Bertz CT molecular complexity index is 84.2. The summed E-state index contributed by atoms with van der Waals surface area (Å²) in [7, 11) is 0. The Morgan fingerprint density at radius 3 is 1.85 bits per heavy atom. The Balaban J connectivity index is 0. The summed E-state index contributed by atoms with van der Waals surface area (Å²) in [5, 5.41) is 8.99.